The minimum atomic E-state index is -0.884. The number of hydrogen-bond donors (Lipinski definition) is 2. The summed E-state index contributed by atoms with van der Waals surface area (Å²) in [6.07, 6.45) is 2.05. The molecule has 0 radical (unpaired) electrons. The molecule has 0 amide bonds. The molecular formula is C23H21NO2. The van der Waals surface area contributed by atoms with Crippen molar-refractivity contribution in [3.05, 3.63) is 114 Å². The van der Waals surface area contributed by atoms with E-state index in [9.17, 15) is 9.90 Å². The van der Waals surface area contributed by atoms with Crippen molar-refractivity contribution in [1.29, 1.82) is 0 Å². The number of hydrogen-bond acceptors (Lipinski definition) is 2. The van der Waals surface area contributed by atoms with Gasteiger partial charge in [-0.1, -0.05) is 97.1 Å². The molecular weight excluding hydrogens is 322 g/mol. The fraction of sp³-hybridized carbons (Fsp3) is 0.0870. The summed E-state index contributed by atoms with van der Waals surface area (Å²) in [6.45, 7) is 0.449. The van der Waals surface area contributed by atoms with Crippen LogP contribution in [-0.2, 0) is 4.79 Å². The maximum atomic E-state index is 11.6. The van der Waals surface area contributed by atoms with Crippen LogP contribution in [0.5, 0.6) is 0 Å². The molecule has 0 saturated carbocycles. The van der Waals surface area contributed by atoms with Crippen molar-refractivity contribution in [3.8, 4) is 0 Å². The smallest absolute Gasteiger partial charge is 0.325 e. The zero-order chi connectivity index (χ0) is 18.2. The van der Waals surface area contributed by atoms with Crippen molar-refractivity contribution in [3.63, 3.8) is 0 Å². The van der Waals surface area contributed by atoms with Crippen LogP contribution >= 0.6 is 0 Å². The fourth-order valence-electron chi connectivity index (χ4n) is 2.91. The molecule has 3 rings (SSSR count). The SMILES string of the molecule is O=C(O)[C@H](NCC=C(c1ccccc1)c1ccccc1)c1ccccc1. The molecule has 3 nitrogen and oxygen atoms in total. The maximum Gasteiger partial charge on any atom is 0.325 e. The average molecular weight is 343 g/mol. The largest absolute Gasteiger partial charge is 0.480 e. The van der Waals surface area contributed by atoms with E-state index in [1.54, 1.807) is 0 Å². The number of carboxylic acids is 1. The predicted octanol–water partition coefficient (Wildman–Crippen LogP) is 4.53. The summed E-state index contributed by atoms with van der Waals surface area (Å²) in [4.78, 5) is 11.6. The van der Waals surface area contributed by atoms with Crippen LogP contribution < -0.4 is 5.32 Å². The summed E-state index contributed by atoms with van der Waals surface area (Å²) in [5.74, 6) is -0.884. The molecule has 0 heterocycles. The second kappa shape index (κ2) is 8.79. The van der Waals surface area contributed by atoms with E-state index >= 15 is 0 Å². The lowest BCUT2D eigenvalue weighted by atomic mass is 9.97. The van der Waals surface area contributed by atoms with Crippen LogP contribution in [-0.4, -0.2) is 17.6 Å². The van der Waals surface area contributed by atoms with Gasteiger partial charge in [0, 0.05) is 6.54 Å². The highest BCUT2D eigenvalue weighted by Crippen LogP contribution is 2.23. The summed E-state index contributed by atoms with van der Waals surface area (Å²) in [5.41, 5.74) is 4.03. The quantitative estimate of drug-likeness (QED) is 0.662. The van der Waals surface area contributed by atoms with Crippen LogP contribution in [0.4, 0.5) is 0 Å². The first-order chi connectivity index (χ1) is 12.8. The third kappa shape index (κ3) is 4.47. The third-order valence-corrected chi connectivity index (χ3v) is 4.18. The number of benzene rings is 3. The zero-order valence-electron chi connectivity index (χ0n) is 14.4. The predicted molar refractivity (Wildman–Crippen MR) is 105 cm³/mol. The molecule has 0 saturated heterocycles. The third-order valence-electron chi connectivity index (χ3n) is 4.18. The van der Waals surface area contributed by atoms with E-state index in [2.05, 4.69) is 29.6 Å². The van der Waals surface area contributed by atoms with Gasteiger partial charge in [-0.2, -0.15) is 0 Å². The minimum absolute atomic E-state index is 0.449. The van der Waals surface area contributed by atoms with Gasteiger partial charge in [-0.15, -0.1) is 0 Å². The van der Waals surface area contributed by atoms with Gasteiger partial charge in [-0.25, -0.2) is 0 Å². The van der Waals surface area contributed by atoms with Gasteiger partial charge in [0.15, 0.2) is 0 Å². The van der Waals surface area contributed by atoms with Gasteiger partial charge in [0.1, 0.15) is 6.04 Å². The van der Waals surface area contributed by atoms with Crippen molar-refractivity contribution in [2.45, 2.75) is 6.04 Å². The standard InChI is InChI=1S/C23H21NO2/c25-23(26)22(20-14-8-3-9-15-20)24-17-16-21(18-10-4-1-5-11-18)19-12-6-2-7-13-19/h1-16,22,24H,17H2,(H,25,26)/t22-/m1/s1. The lowest BCUT2D eigenvalue weighted by Gasteiger charge is -2.15. The Bertz CT molecular complexity index is 817. The van der Waals surface area contributed by atoms with Crippen molar-refractivity contribution in [2.75, 3.05) is 6.54 Å². The van der Waals surface area contributed by atoms with Crippen molar-refractivity contribution < 1.29 is 9.90 Å². The highest BCUT2D eigenvalue weighted by Gasteiger charge is 2.18. The number of carbonyl (C=O) groups is 1. The Labute approximate surface area is 153 Å². The van der Waals surface area contributed by atoms with Crippen LogP contribution in [0.15, 0.2) is 97.1 Å². The van der Waals surface area contributed by atoms with E-state index in [-0.39, 0.29) is 0 Å². The van der Waals surface area contributed by atoms with E-state index < -0.39 is 12.0 Å². The lowest BCUT2D eigenvalue weighted by Crippen LogP contribution is -2.28. The molecule has 0 unspecified atom stereocenters. The highest BCUT2D eigenvalue weighted by molar-refractivity contribution is 5.80. The Morgan fingerprint density at radius 1 is 0.808 bits per heavy atom. The van der Waals surface area contributed by atoms with E-state index in [1.165, 1.54) is 0 Å². The molecule has 0 aliphatic carbocycles. The van der Waals surface area contributed by atoms with E-state index in [4.69, 9.17) is 0 Å². The second-order valence-corrected chi connectivity index (χ2v) is 5.94. The number of rotatable bonds is 7. The Balaban J connectivity index is 1.83. The molecule has 0 bridgehead atoms. The average Bonchev–Trinajstić information content (AvgIpc) is 2.70. The van der Waals surface area contributed by atoms with Crippen LogP contribution in [0.3, 0.4) is 0 Å². The summed E-state index contributed by atoms with van der Waals surface area (Å²) >= 11 is 0. The van der Waals surface area contributed by atoms with Gasteiger partial charge in [0.25, 0.3) is 0 Å². The normalized spacial score (nSPS) is 11.5. The van der Waals surface area contributed by atoms with Gasteiger partial charge in [-0.05, 0) is 22.3 Å². The van der Waals surface area contributed by atoms with Crippen molar-refractivity contribution >= 4 is 11.5 Å². The van der Waals surface area contributed by atoms with E-state index in [0.29, 0.717) is 6.54 Å². The van der Waals surface area contributed by atoms with E-state index in [0.717, 1.165) is 22.3 Å². The Kier molecular flexibility index (Phi) is 5.96. The van der Waals surface area contributed by atoms with Gasteiger partial charge >= 0.3 is 5.97 Å². The number of nitrogens with one attached hydrogen (secondary N) is 1. The molecule has 3 aromatic rings. The zero-order valence-corrected chi connectivity index (χ0v) is 14.4. The summed E-state index contributed by atoms with van der Waals surface area (Å²) in [5, 5.41) is 12.7. The molecule has 0 fully saturated rings. The maximum absolute atomic E-state index is 11.6. The molecule has 3 heteroatoms. The highest BCUT2D eigenvalue weighted by atomic mass is 16.4. The molecule has 2 N–H and O–H groups in total. The minimum Gasteiger partial charge on any atom is -0.480 e. The monoisotopic (exact) mass is 343 g/mol. The van der Waals surface area contributed by atoms with Crippen LogP contribution in [0.25, 0.3) is 5.57 Å². The Morgan fingerprint density at radius 2 is 1.27 bits per heavy atom. The molecule has 1 atom stereocenters. The van der Waals surface area contributed by atoms with Crippen molar-refractivity contribution in [1.82, 2.24) is 5.32 Å². The van der Waals surface area contributed by atoms with Crippen LogP contribution in [0, 0.1) is 0 Å². The first-order valence-electron chi connectivity index (χ1n) is 8.58. The van der Waals surface area contributed by atoms with E-state index in [1.807, 2.05) is 72.8 Å². The van der Waals surface area contributed by atoms with Crippen molar-refractivity contribution in [2.24, 2.45) is 0 Å². The van der Waals surface area contributed by atoms with Gasteiger partial charge in [0.2, 0.25) is 0 Å². The first-order valence-corrected chi connectivity index (χ1v) is 8.58. The molecule has 3 aromatic carbocycles. The molecule has 0 aliphatic heterocycles. The number of aliphatic carboxylic acids is 1. The molecule has 0 aliphatic rings. The topological polar surface area (TPSA) is 49.3 Å². The fourth-order valence-corrected chi connectivity index (χ4v) is 2.91. The van der Waals surface area contributed by atoms with Gasteiger partial charge in [0.05, 0.1) is 0 Å². The molecule has 0 aromatic heterocycles. The van der Waals surface area contributed by atoms with Crippen LogP contribution in [0.1, 0.15) is 22.7 Å². The van der Waals surface area contributed by atoms with Gasteiger partial charge < -0.3 is 5.11 Å². The first kappa shape index (κ1) is 17.6. The summed E-state index contributed by atoms with van der Waals surface area (Å²) < 4.78 is 0. The number of carboxylic acid groups (broad SMARTS) is 1. The summed E-state index contributed by atoms with van der Waals surface area (Å²) in [6, 6.07) is 28.7. The second-order valence-electron chi connectivity index (χ2n) is 5.94. The van der Waals surface area contributed by atoms with Gasteiger partial charge in [-0.3, -0.25) is 10.1 Å². The molecule has 26 heavy (non-hydrogen) atoms. The Hall–Kier alpha value is -3.17. The molecule has 130 valence electrons. The van der Waals surface area contributed by atoms with Crippen LogP contribution in [0.2, 0.25) is 0 Å². The lowest BCUT2D eigenvalue weighted by molar-refractivity contribution is -0.139. The molecule has 0 spiro atoms. The Morgan fingerprint density at radius 3 is 1.73 bits per heavy atom. The summed E-state index contributed by atoms with van der Waals surface area (Å²) in [7, 11) is 0.